The summed E-state index contributed by atoms with van der Waals surface area (Å²) in [6.45, 7) is 11.0. The Hall–Kier alpha value is -1.62. The summed E-state index contributed by atoms with van der Waals surface area (Å²) in [6, 6.07) is 7.79. The molecule has 0 amide bonds. The van der Waals surface area contributed by atoms with Crippen LogP contribution in [0.1, 0.15) is 33.3 Å². The van der Waals surface area contributed by atoms with Crippen LogP contribution in [-0.4, -0.2) is 43.1 Å². The minimum absolute atomic E-state index is 0.198. The topological polar surface area (TPSA) is 39.7 Å². The molecule has 22 heavy (non-hydrogen) atoms. The predicted molar refractivity (Wildman–Crippen MR) is 91.6 cm³/mol. The lowest BCUT2D eigenvalue weighted by atomic mass is 10.2. The number of benzene rings is 1. The number of nitrogens with zero attached hydrogens (tertiary/aromatic N) is 2. The average molecular weight is 308 g/mol. The molecule has 0 aliphatic carbocycles. The van der Waals surface area contributed by atoms with E-state index in [-0.39, 0.29) is 5.82 Å². The Balaban J connectivity index is 2.42. The van der Waals surface area contributed by atoms with Gasteiger partial charge in [0.1, 0.15) is 5.82 Å². The van der Waals surface area contributed by atoms with Crippen LogP contribution in [0.5, 0.6) is 0 Å². The van der Waals surface area contributed by atoms with Crippen LogP contribution in [0.2, 0.25) is 0 Å². The first-order valence-corrected chi connectivity index (χ1v) is 7.89. The van der Waals surface area contributed by atoms with Crippen molar-refractivity contribution in [3.8, 4) is 0 Å². The highest BCUT2D eigenvalue weighted by atomic mass is 19.1. The van der Waals surface area contributed by atoms with E-state index in [0.29, 0.717) is 30.2 Å². The summed E-state index contributed by atoms with van der Waals surface area (Å²) in [5.74, 6) is 0.493. The van der Waals surface area contributed by atoms with E-state index in [1.165, 1.54) is 6.07 Å². The van der Waals surface area contributed by atoms with Crippen LogP contribution in [0, 0.1) is 5.82 Å². The maximum absolute atomic E-state index is 13.6. The fourth-order valence-electron chi connectivity index (χ4n) is 2.46. The lowest BCUT2D eigenvalue weighted by Gasteiger charge is -2.30. The van der Waals surface area contributed by atoms with Crippen molar-refractivity contribution in [2.24, 2.45) is 4.99 Å². The van der Waals surface area contributed by atoms with Gasteiger partial charge < -0.3 is 10.6 Å². The zero-order valence-electron chi connectivity index (χ0n) is 14.4. The first-order valence-electron chi connectivity index (χ1n) is 7.89. The molecule has 0 radical (unpaired) electrons. The van der Waals surface area contributed by atoms with Crippen LogP contribution in [0.3, 0.4) is 0 Å². The fraction of sp³-hybridized carbons (Fsp3) is 0.588. The van der Waals surface area contributed by atoms with Gasteiger partial charge in [0.25, 0.3) is 0 Å². The summed E-state index contributed by atoms with van der Waals surface area (Å²) in [7, 11) is 1.72. The normalized spacial score (nSPS) is 12.3. The molecule has 0 saturated heterocycles. The van der Waals surface area contributed by atoms with Gasteiger partial charge in [-0.3, -0.25) is 9.89 Å². The molecular weight excluding hydrogens is 279 g/mol. The first-order chi connectivity index (χ1) is 10.5. The van der Waals surface area contributed by atoms with Gasteiger partial charge in [-0.15, -0.1) is 0 Å². The predicted octanol–water partition coefficient (Wildman–Crippen LogP) is 2.61. The van der Waals surface area contributed by atoms with Gasteiger partial charge >= 0.3 is 0 Å². The molecule has 1 aromatic carbocycles. The Labute approximate surface area is 133 Å². The Morgan fingerprint density at radius 3 is 2.32 bits per heavy atom. The van der Waals surface area contributed by atoms with Gasteiger partial charge in [-0.05, 0) is 33.8 Å². The standard InChI is InChI=1S/C17H29FN4/c1-13(2)22(14(3)4)11-10-20-17(19-5)21-12-15-8-6-7-9-16(15)18/h6-9,13-14H,10-12H2,1-5H3,(H2,19,20,21). The number of halogens is 1. The van der Waals surface area contributed by atoms with E-state index in [9.17, 15) is 4.39 Å². The molecule has 0 aromatic heterocycles. The lowest BCUT2D eigenvalue weighted by molar-refractivity contribution is 0.178. The second kappa shape index (κ2) is 9.41. The van der Waals surface area contributed by atoms with E-state index >= 15 is 0 Å². The number of nitrogens with one attached hydrogen (secondary N) is 2. The van der Waals surface area contributed by atoms with Gasteiger partial charge in [-0.2, -0.15) is 0 Å². The molecule has 124 valence electrons. The van der Waals surface area contributed by atoms with E-state index in [1.54, 1.807) is 19.2 Å². The largest absolute Gasteiger partial charge is 0.355 e. The molecule has 1 rings (SSSR count). The highest BCUT2D eigenvalue weighted by molar-refractivity contribution is 5.79. The quantitative estimate of drug-likeness (QED) is 0.601. The highest BCUT2D eigenvalue weighted by Crippen LogP contribution is 2.05. The van der Waals surface area contributed by atoms with Crippen LogP contribution >= 0.6 is 0 Å². The maximum atomic E-state index is 13.6. The van der Waals surface area contributed by atoms with Crippen molar-refractivity contribution in [3.63, 3.8) is 0 Å². The van der Waals surface area contributed by atoms with Gasteiger partial charge in [0.2, 0.25) is 0 Å². The monoisotopic (exact) mass is 308 g/mol. The van der Waals surface area contributed by atoms with Crippen molar-refractivity contribution < 1.29 is 4.39 Å². The second-order valence-corrected chi connectivity index (χ2v) is 5.87. The summed E-state index contributed by atoms with van der Waals surface area (Å²) in [6.07, 6.45) is 0. The molecule has 0 atom stereocenters. The fourth-order valence-corrected chi connectivity index (χ4v) is 2.46. The number of guanidine groups is 1. The molecule has 0 heterocycles. The number of rotatable bonds is 7. The highest BCUT2D eigenvalue weighted by Gasteiger charge is 2.12. The molecule has 4 nitrogen and oxygen atoms in total. The SMILES string of the molecule is CN=C(NCCN(C(C)C)C(C)C)NCc1ccccc1F. The van der Waals surface area contributed by atoms with Crippen LogP contribution in [0.25, 0.3) is 0 Å². The molecule has 0 bridgehead atoms. The minimum Gasteiger partial charge on any atom is -0.355 e. The Morgan fingerprint density at radius 1 is 1.14 bits per heavy atom. The van der Waals surface area contributed by atoms with E-state index in [1.807, 2.05) is 6.07 Å². The van der Waals surface area contributed by atoms with Gasteiger partial charge in [0.05, 0.1) is 0 Å². The lowest BCUT2D eigenvalue weighted by Crippen LogP contribution is -2.45. The minimum atomic E-state index is -0.198. The molecule has 1 aromatic rings. The summed E-state index contributed by atoms with van der Waals surface area (Å²) < 4.78 is 13.6. The third-order valence-electron chi connectivity index (χ3n) is 3.62. The van der Waals surface area contributed by atoms with Crippen molar-refractivity contribution in [1.82, 2.24) is 15.5 Å². The number of hydrogen-bond acceptors (Lipinski definition) is 2. The Bertz CT molecular complexity index is 463. The van der Waals surface area contributed by atoms with Crippen molar-refractivity contribution >= 4 is 5.96 Å². The van der Waals surface area contributed by atoms with E-state index in [0.717, 1.165) is 13.1 Å². The van der Waals surface area contributed by atoms with Gasteiger partial charge in [0.15, 0.2) is 5.96 Å². The molecule has 0 spiro atoms. The Kier molecular flexibility index (Phi) is 7.88. The second-order valence-electron chi connectivity index (χ2n) is 5.87. The third kappa shape index (κ3) is 6.02. The summed E-state index contributed by atoms with van der Waals surface area (Å²) in [4.78, 5) is 6.59. The van der Waals surface area contributed by atoms with Crippen LogP contribution in [0.4, 0.5) is 4.39 Å². The van der Waals surface area contributed by atoms with E-state index in [2.05, 4.69) is 48.2 Å². The van der Waals surface area contributed by atoms with Crippen LogP contribution in [0.15, 0.2) is 29.3 Å². The summed E-state index contributed by atoms with van der Waals surface area (Å²) in [5.41, 5.74) is 0.636. The van der Waals surface area contributed by atoms with E-state index in [4.69, 9.17) is 0 Å². The van der Waals surface area contributed by atoms with Crippen LogP contribution in [-0.2, 0) is 6.54 Å². The molecular formula is C17H29FN4. The molecule has 0 saturated carbocycles. The first kappa shape index (κ1) is 18.4. The van der Waals surface area contributed by atoms with Crippen molar-refractivity contribution in [2.75, 3.05) is 20.1 Å². The molecule has 0 fully saturated rings. The maximum Gasteiger partial charge on any atom is 0.191 e. The average Bonchev–Trinajstić information content (AvgIpc) is 2.47. The molecule has 0 unspecified atom stereocenters. The van der Waals surface area contributed by atoms with Crippen LogP contribution < -0.4 is 10.6 Å². The third-order valence-corrected chi connectivity index (χ3v) is 3.62. The smallest absolute Gasteiger partial charge is 0.191 e. The Morgan fingerprint density at radius 2 is 1.77 bits per heavy atom. The summed E-state index contributed by atoms with van der Waals surface area (Å²) in [5, 5.41) is 6.41. The van der Waals surface area contributed by atoms with Gasteiger partial charge in [-0.25, -0.2) is 4.39 Å². The van der Waals surface area contributed by atoms with Crippen molar-refractivity contribution in [2.45, 2.75) is 46.3 Å². The summed E-state index contributed by atoms with van der Waals surface area (Å²) >= 11 is 0. The van der Waals surface area contributed by atoms with Crippen molar-refractivity contribution in [1.29, 1.82) is 0 Å². The molecule has 5 heteroatoms. The molecule has 0 aliphatic heterocycles. The van der Waals surface area contributed by atoms with Gasteiger partial charge in [-0.1, -0.05) is 18.2 Å². The number of hydrogen-bond donors (Lipinski definition) is 2. The molecule has 2 N–H and O–H groups in total. The van der Waals surface area contributed by atoms with Crippen molar-refractivity contribution in [3.05, 3.63) is 35.6 Å². The zero-order valence-corrected chi connectivity index (χ0v) is 14.4. The van der Waals surface area contributed by atoms with E-state index < -0.39 is 0 Å². The van der Waals surface area contributed by atoms with Gasteiger partial charge in [0, 0.05) is 44.3 Å². The zero-order chi connectivity index (χ0) is 16.5. The number of aliphatic imine (C=N–C) groups is 1. The molecule has 0 aliphatic rings.